The average molecular weight is 514 g/mol. The number of carbonyl (C=O) groups excluding carboxylic acids is 1. The number of unbranched alkanes of at least 4 members (excludes halogenated alkanes) is 1. The predicted molar refractivity (Wildman–Crippen MR) is 130 cm³/mol. The fourth-order valence-electron chi connectivity index (χ4n) is 2.74. The number of aliphatic imine (C=N–C) groups is 1. The van der Waals surface area contributed by atoms with Crippen LogP contribution in [0.2, 0.25) is 0 Å². The third kappa shape index (κ3) is 10.5. The van der Waals surface area contributed by atoms with Gasteiger partial charge in [-0.25, -0.2) is 0 Å². The maximum atomic E-state index is 11.7. The first-order chi connectivity index (χ1) is 13.6. The van der Waals surface area contributed by atoms with Crippen molar-refractivity contribution in [3.05, 3.63) is 42.5 Å². The Bertz CT molecular complexity index is 645. The smallest absolute Gasteiger partial charge is 0.258 e. The summed E-state index contributed by atoms with van der Waals surface area (Å²) in [6.07, 6.45) is 7.07. The second-order valence-electron chi connectivity index (χ2n) is 7.11. The van der Waals surface area contributed by atoms with Gasteiger partial charge in [-0.05, 0) is 56.7 Å². The Kier molecular flexibility index (Phi) is 12.4. The highest BCUT2D eigenvalue weighted by molar-refractivity contribution is 14.0. The van der Waals surface area contributed by atoms with E-state index in [1.54, 1.807) is 0 Å². The van der Waals surface area contributed by atoms with Crippen LogP contribution in [-0.2, 0) is 11.2 Å². The second-order valence-corrected chi connectivity index (χ2v) is 7.11. The Morgan fingerprint density at radius 1 is 1.34 bits per heavy atom. The number of allylic oxidation sites excluding steroid dienone is 1. The SMILES string of the molecule is C=CCCCN(C)C(=NCCc1ccc(OCC(=O)NC2CC2)cc1)NCC.I. The normalized spacial score (nSPS) is 13.2. The second kappa shape index (κ2) is 14.3. The summed E-state index contributed by atoms with van der Waals surface area (Å²) in [4.78, 5) is 18.6. The van der Waals surface area contributed by atoms with Gasteiger partial charge in [0.25, 0.3) is 5.91 Å². The summed E-state index contributed by atoms with van der Waals surface area (Å²) in [5.74, 6) is 1.61. The van der Waals surface area contributed by atoms with Crippen LogP contribution in [0, 0.1) is 0 Å². The Morgan fingerprint density at radius 3 is 2.69 bits per heavy atom. The van der Waals surface area contributed by atoms with Crippen molar-refractivity contribution >= 4 is 35.8 Å². The van der Waals surface area contributed by atoms with Crippen LogP contribution in [-0.4, -0.2) is 56.1 Å². The van der Waals surface area contributed by atoms with Crippen molar-refractivity contribution in [2.75, 3.05) is 33.3 Å². The van der Waals surface area contributed by atoms with Crippen molar-refractivity contribution in [3.8, 4) is 5.75 Å². The Hall–Kier alpha value is -1.77. The van der Waals surface area contributed by atoms with Gasteiger partial charge in [0, 0.05) is 32.7 Å². The van der Waals surface area contributed by atoms with Crippen molar-refractivity contribution < 1.29 is 9.53 Å². The lowest BCUT2D eigenvalue weighted by molar-refractivity contribution is -0.123. The van der Waals surface area contributed by atoms with Gasteiger partial charge < -0.3 is 20.3 Å². The first-order valence-corrected chi connectivity index (χ1v) is 10.2. The maximum absolute atomic E-state index is 11.7. The average Bonchev–Trinajstić information content (AvgIpc) is 3.50. The number of rotatable bonds is 12. The van der Waals surface area contributed by atoms with E-state index in [-0.39, 0.29) is 36.5 Å². The lowest BCUT2D eigenvalue weighted by atomic mass is 10.1. The number of hydrogen-bond acceptors (Lipinski definition) is 3. The zero-order chi connectivity index (χ0) is 20.2. The first kappa shape index (κ1) is 25.3. The van der Waals surface area contributed by atoms with Gasteiger partial charge in [-0.3, -0.25) is 9.79 Å². The molecule has 2 N–H and O–H groups in total. The van der Waals surface area contributed by atoms with E-state index in [0.717, 1.165) is 57.7 Å². The van der Waals surface area contributed by atoms with Crippen LogP contribution in [0.25, 0.3) is 0 Å². The topological polar surface area (TPSA) is 66.0 Å². The van der Waals surface area contributed by atoms with Crippen LogP contribution >= 0.6 is 24.0 Å². The summed E-state index contributed by atoms with van der Waals surface area (Å²) in [7, 11) is 2.07. The Morgan fingerprint density at radius 2 is 2.07 bits per heavy atom. The Labute approximate surface area is 192 Å². The third-order valence-electron chi connectivity index (χ3n) is 4.50. The highest BCUT2D eigenvalue weighted by Crippen LogP contribution is 2.18. The fourth-order valence-corrected chi connectivity index (χ4v) is 2.74. The minimum Gasteiger partial charge on any atom is -0.484 e. The minimum absolute atomic E-state index is 0. The molecule has 1 amide bonds. The number of nitrogens with one attached hydrogen (secondary N) is 2. The summed E-state index contributed by atoms with van der Waals surface area (Å²) in [5, 5.41) is 6.26. The number of guanidine groups is 1. The monoisotopic (exact) mass is 514 g/mol. The molecule has 0 radical (unpaired) electrons. The molecule has 0 bridgehead atoms. The lowest BCUT2D eigenvalue weighted by Gasteiger charge is -2.21. The number of halogens is 1. The van der Waals surface area contributed by atoms with E-state index in [4.69, 9.17) is 9.73 Å². The highest BCUT2D eigenvalue weighted by atomic mass is 127. The first-order valence-electron chi connectivity index (χ1n) is 10.2. The van der Waals surface area contributed by atoms with E-state index in [0.29, 0.717) is 11.8 Å². The van der Waals surface area contributed by atoms with Gasteiger partial charge in [0.2, 0.25) is 0 Å². The molecule has 1 aliphatic carbocycles. The van der Waals surface area contributed by atoms with Crippen molar-refractivity contribution in [1.29, 1.82) is 0 Å². The highest BCUT2D eigenvalue weighted by Gasteiger charge is 2.23. The largest absolute Gasteiger partial charge is 0.484 e. The summed E-state index contributed by atoms with van der Waals surface area (Å²) < 4.78 is 5.54. The number of nitrogens with zero attached hydrogens (tertiary/aromatic N) is 2. The van der Waals surface area contributed by atoms with E-state index in [1.165, 1.54) is 5.56 Å². The molecular weight excluding hydrogens is 479 g/mol. The van der Waals surface area contributed by atoms with Crippen molar-refractivity contribution in [2.24, 2.45) is 4.99 Å². The number of hydrogen-bond donors (Lipinski definition) is 2. The van der Waals surface area contributed by atoms with Crippen LogP contribution in [0.4, 0.5) is 0 Å². The van der Waals surface area contributed by atoms with Crippen molar-refractivity contribution in [2.45, 2.75) is 45.1 Å². The lowest BCUT2D eigenvalue weighted by Crippen LogP contribution is -2.39. The molecule has 2 rings (SSSR count). The number of ether oxygens (including phenoxy) is 1. The van der Waals surface area contributed by atoms with Crippen LogP contribution < -0.4 is 15.4 Å². The van der Waals surface area contributed by atoms with Crippen LogP contribution in [0.15, 0.2) is 41.9 Å². The molecule has 0 unspecified atom stereocenters. The van der Waals surface area contributed by atoms with Gasteiger partial charge in [0.05, 0.1) is 0 Å². The molecule has 1 aromatic carbocycles. The molecule has 0 heterocycles. The molecule has 1 aliphatic rings. The van der Waals surface area contributed by atoms with Gasteiger partial charge in [-0.15, -0.1) is 30.6 Å². The number of benzene rings is 1. The third-order valence-corrected chi connectivity index (χ3v) is 4.50. The molecule has 162 valence electrons. The van der Waals surface area contributed by atoms with Gasteiger partial charge in [-0.1, -0.05) is 18.2 Å². The number of amides is 1. The zero-order valence-corrected chi connectivity index (χ0v) is 20.0. The summed E-state index contributed by atoms with van der Waals surface area (Å²) in [5.41, 5.74) is 1.20. The summed E-state index contributed by atoms with van der Waals surface area (Å²) >= 11 is 0. The molecule has 1 fully saturated rings. The van der Waals surface area contributed by atoms with E-state index < -0.39 is 0 Å². The van der Waals surface area contributed by atoms with E-state index in [1.807, 2.05) is 30.3 Å². The van der Waals surface area contributed by atoms with Crippen LogP contribution in [0.5, 0.6) is 5.75 Å². The van der Waals surface area contributed by atoms with Gasteiger partial charge in [-0.2, -0.15) is 0 Å². The molecule has 0 atom stereocenters. The van der Waals surface area contributed by atoms with Crippen LogP contribution in [0.3, 0.4) is 0 Å². The Balaban J connectivity index is 0.00000420. The van der Waals surface area contributed by atoms with Gasteiger partial charge in [0.15, 0.2) is 12.6 Å². The molecule has 7 heteroatoms. The van der Waals surface area contributed by atoms with E-state index >= 15 is 0 Å². The van der Waals surface area contributed by atoms with Crippen molar-refractivity contribution in [3.63, 3.8) is 0 Å². The molecule has 1 saturated carbocycles. The molecule has 6 nitrogen and oxygen atoms in total. The number of carbonyl (C=O) groups is 1. The molecule has 1 aromatic rings. The minimum atomic E-state index is -0.0472. The zero-order valence-electron chi connectivity index (χ0n) is 17.7. The van der Waals surface area contributed by atoms with Crippen LogP contribution in [0.1, 0.15) is 38.2 Å². The molecule has 0 aromatic heterocycles. The standard InChI is InChI=1S/C22H34N4O2.HI/c1-4-6-7-16-26(3)22(23-5-2)24-15-14-18-8-12-20(13-9-18)28-17-21(27)25-19-10-11-19;/h4,8-9,12-13,19H,1,5-7,10-11,14-17H2,2-3H3,(H,23,24)(H,25,27);1H. The van der Waals surface area contributed by atoms with Gasteiger partial charge in [0.1, 0.15) is 5.75 Å². The summed E-state index contributed by atoms with van der Waals surface area (Å²) in [6.45, 7) is 8.45. The molecule has 0 spiro atoms. The molecule has 0 aliphatic heterocycles. The molecule has 0 saturated heterocycles. The van der Waals surface area contributed by atoms with Crippen molar-refractivity contribution in [1.82, 2.24) is 15.5 Å². The predicted octanol–water partition coefficient (Wildman–Crippen LogP) is 3.37. The summed E-state index contributed by atoms with van der Waals surface area (Å²) in [6, 6.07) is 8.26. The fraction of sp³-hybridized carbons (Fsp3) is 0.545. The van der Waals surface area contributed by atoms with Gasteiger partial charge >= 0.3 is 0 Å². The van der Waals surface area contributed by atoms with E-state index in [9.17, 15) is 4.79 Å². The molecule has 29 heavy (non-hydrogen) atoms. The molecular formula is C22H35IN4O2. The quantitative estimate of drug-likeness (QED) is 0.148. The maximum Gasteiger partial charge on any atom is 0.258 e. The van der Waals surface area contributed by atoms with E-state index in [2.05, 4.69) is 36.1 Å².